The number of hydrogen-bond acceptors (Lipinski definition) is 4. The molecule has 10 heteroatoms. The number of thiol groups is 1. The van der Waals surface area contributed by atoms with Gasteiger partial charge in [-0.15, -0.1) is 0 Å². The summed E-state index contributed by atoms with van der Waals surface area (Å²) in [4.78, 5) is 9.89. The van der Waals surface area contributed by atoms with Gasteiger partial charge in [-0.25, -0.2) is 4.79 Å². The molecule has 0 saturated heterocycles. The van der Waals surface area contributed by atoms with Crippen molar-refractivity contribution in [2.45, 2.75) is 33.7 Å². The molecule has 34 heavy (non-hydrogen) atoms. The highest BCUT2D eigenvalue weighted by atomic mass is 33.2. The van der Waals surface area contributed by atoms with Crippen LogP contribution in [0.1, 0.15) is 12.5 Å². The van der Waals surface area contributed by atoms with Crippen LogP contribution < -0.4 is 0 Å². The molecule has 3 rings (SSSR count). The number of ether oxygens (including phenoxy) is 1. The number of esters is 1. The van der Waals surface area contributed by atoms with Crippen molar-refractivity contribution >= 4 is 23.3 Å². The highest BCUT2D eigenvalue weighted by Gasteiger charge is 2.73. The molecule has 0 radical (unpaired) electrons. The first-order valence-electron chi connectivity index (χ1n) is 9.96. The standard InChI is InChI=1S/C24H23F3O5S2/c1-18(2)23(28)32-17-19-13-15-22(16-14-19)34(24(25,26)27,33(29,30)31,20-9-5-3-6-10-20)21-11-7-4-8-12-21/h3-16,34H,1,17H2,2H3,(H,29,30,31). The van der Waals surface area contributed by atoms with E-state index in [0.717, 1.165) is 36.4 Å². The average molecular weight is 513 g/mol. The average Bonchev–Trinajstić information content (AvgIpc) is 2.78. The lowest BCUT2D eigenvalue weighted by Gasteiger charge is -2.59. The second kappa shape index (κ2) is 8.94. The first kappa shape index (κ1) is 25.5. The molecule has 0 aliphatic carbocycles. The van der Waals surface area contributed by atoms with Gasteiger partial charge in [0.1, 0.15) is 6.61 Å². The lowest BCUT2D eigenvalue weighted by atomic mass is 10.2. The molecule has 0 spiro atoms. The van der Waals surface area contributed by atoms with Gasteiger partial charge in [-0.3, -0.25) is 4.55 Å². The van der Waals surface area contributed by atoms with Crippen LogP contribution in [0.3, 0.4) is 0 Å². The van der Waals surface area contributed by atoms with E-state index in [0.29, 0.717) is 5.56 Å². The molecule has 1 N–H and O–H groups in total. The monoisotopic (exact) mass is 512 g/mol. The number of hydrogen-bond donors (Lipinski definition) is 2. The molecule has 0 aliphatic heterocycles. The zero-order chi connectivity index (χ0) is 25.2. The van der Waals surface area contributed by atoms with E-state index in [1.54, 1.807) is 0 Å². The molecule has 0 aliphatic rings. The van der Waals surface area contributed by atoms with E-state index < -0.39 is 43.5 Å². The van der Waals surface area contributed by atoms with Gasteiger partial charge in [0.05, 0.1) is 0 Å². The first-order valence-corrected chi connectivity index (χ1v) is 14.2. The third-order valence-electron chi connectivity index (χ3n) is 5.59. The van der Waals surface area contributed by atoms with Crippen LogP contribution in [0.15, 0.2) is 112 Å². The Morgan fingerprint density at radius 2 is 1.29 bits per heavy atom. The molecule has 182 valence electrons. The summed E-state index contributed by atoms with van der Waals surface area (Å²) in [5, 5.41) is 0. The van der Waals surface area contributed by atoms with Crippen molar-refractivity contribution in [1.29, 1.82) is 0 Å². The topological polar surface area (TPSA) is 80.7 Å². The Kier molecular flexibility index (Phi) is 6.71. The van der Waals surface area contributed by atoms with Crippen molar-refractivity contribution in [2.24, 2.45) is 0 Å². The third-order valence-corrected chi connectivity index (χ3v) is 16.6. The lowest BCUT2D eigenvalue weighted by Crippen LogP contribution is -2.41. The van der Waals surface area contributed by atoms with E-state index in [1.807, 2.05) is 0 Å². The van der Waals surface area contributed by atoms with Crippen LogP contribution in [0.4, 0.5) is 13.2 Å². The zero-order valence-corrected chi connectivity index (χ0v) is 19.8. The van der Waals surface area contributed by atoms with Gasteiger partial charge in [0, 0.05) is 20.3 Å². The smallest absolute Gasteiger partial charge is 0.435 e. The van der Waals surface area contributed by atoms with Crippen LogP contribution >= 0.6 is 8.19 Å². The number of rotatable bonds is 7. The zero-order valence-electron chi connectivity index (χ0n) is 18.1. The molecule has 5 nitrogen and oxygen atoms in total. The van der Waals surface area contributed by atoms with Gasteiger partial charge in [-0.1, -0.05) is 55.1 Å². The van der Waals surface area contributed by atoms with Gasteiger partial charge in [0.25, 0.3) is 0 Å². The van der Waals surface area contributed by atoms with Gasteiger partial charge >= 0.3 is 20.6 Å². The van der Waals surface area contributed by atoms with Gasteiger partial charge in [-0.2, -0.15) is 21.6 Å². The first-order chi connectivity index (χ1) is 15.9. The van der Waals surface area contributed by atoms with Crippen LogP contribution in [-0.4, -0.2) is 24.4 Å². The fourth-order valence-electron chi connectivity index (χ4n) is 3.99. The Hall–Kier alpha value is -3.08. The summed E-state index contributed by atoms with van der Waals surface area (Å²) in [5.41, 5.74) is -4.94. The van der Waals surface area contributed by atoms with Crippen molar-refractivity contribution in [1.82, 2.24) is 0 Å². The highest BCUT2D eigenvalue weighted by molar-refractivity contribution is 8.99. The third kappa shape index (κ3) is 3.53. The quantitative estimate of drug-likeness (QED) is 0.130. The van der Waals surface area contributed by atoms with Gasteiger partial charge in [-0.05, 0) is 57.1 Å². The van der Waals surface area contributed by atoms with Crippen LogP contribution in [0.2, 0.25) is 0 Å². The minimum Gasteiger partial charge on any atom is -0.457 e. The van der Waals surface area contributed by atoms with E-state index in [9.17, 15) is 17.8 Å². The molecule has 0 saturated carbocycles. The lowest BCUT2D eigenvalue weighted by molar-refractivity contribution is -0.140. The summed E-state index contributed by atoms with van der Waals surface area (Å²) in [5.74, 6) is -0.675. The predicted molar refractivity (Wildman–Crippen MR) is 125 cm³/mol. The molecular weight excluding hydrogens is 489 g/mol. The number of alkyl halides is 3. The second-order valence-electron chi connectivity index (χ2n) is 7.65. The van der Waals surface area contributed by atoms with Crippen molar-refractivity contribution in [3.63, 3.8) is 0 Å². The van der Waals surface area contributed by atoms with Crippen molar-refractivity contribution < 1.29 is 35.7 Å². The molecular formula is C24H23F3O5S2. The van der Waals surface area contributed by atoms with Crippen LogP contribution in [-0.2, 0) is 25.3 Å². The van der Waals surface area contributed by atoms with Crippen LogP contribution in [0, 0.1) is 0 Å². The van der Waals surface area contributed by atoms with E-state index >= 15 is 13.2 Å². The van der Waals surface area contributed by atoms with Crippen molar-refractivity contribution in [3.05, 3.63) is 103 Å². The maximum Gasteiger partial charge on any atom is 0.435 e. The maximum absolute atomic E-state index is 15.5. The minimum atomic E-state index is -6.59. The summed E-state index contributed by atoms with van der Waals surface area (Å²) >= 11 is 0. The molecule has 3 aromatic rings. The number of benzene rings is 3. The van der Waals surface area contributed by atoms with Gasteiger partial charge < -0.3 is 4.74 Å². The maximum atomic E-state index is 15.5. The highest BCUT2D eigenvalue weighted by Crippen LogP contribution is 2.95. The molecule has 0 aromatic heterocycles. The van der Waals surface area contributed by atoms with E-state index in [4.69, 9.17) is 4.74 Å². The molecule has 3 aromatic carbocycles. The normalized spacial score (nSPS) is 13.5. The molecule has 0 heterocycles. The van der Waals surface area contributed by atoms with E-state index in [-0.39, 0.29) is 12.2 Å². The van der Waals surface area contributed by atoms with Crippen molar-refractivity contribution in [3.8, 4) is 0 Å². The number of halogens is 3. The number of carbonyl (C=O) groups is 1. The largest absolute Gasteiger partial charge is 0.457 e. The fourth-order valence-corrected chi connectivity index (χ4v) is 13.3. The van der Waals surface area contributed by atoms with E-state index in [2.05, 4.69) is 6.58 Å². The Morgan fingerprint density at radius 3 is 1.65 bits per heavy atom. The minimum absolute atomic E-state index is 0.151. The second-order valence-corrected chi connectivity index (χ2v) is 16.2. The van der Waals surface area contributed by atoms with Crippen LogP contribution in [0.25, 0.3) is 0 Å². The molecule has 0 amide bonds. The molecule has 0 atom stereocenters. The van der Waals surface area contributed by atoms with E-state index in [1.165, 1.54) is 55.5 Å². The summed E-state index contributed by atoms with van der Waals surface area (Å²) in [7, 11) is -12.4. The number of carbonyl (C=O) groups excluding carboxylic acids is 1. The summed E-state index contributed by atoms with van der Waals surface area (Å²) in [6.07, 6.45) is 0. The van der Waals surface area contributed by atoms with Crippen LogP contribution in [0.5, 0.6) is 0 Å². The molecule has 0 bridgehead atoms. The molecule has 0 fully saturated rings. The summed E-state index contributed by atoms with van der Waals surface area (Å²) in [6.45, 7) is 4.65. The SMILES string of the molecule is C=C(C)C(=O)OCc1ccc([SH](c2ccccc2)(c2ccccc2)(C(F)(F)F)S(=O)(=O)O)cc1. The molecule has 0 unspecified atom stereocenters. The van der Waals surface area contributed by atoms with Gasteiger partial charge in [0.15, 0.2) is 0 Å². The summed E-state index contributed by atoms with van der Waals surface area (Å²) < 4.78 is 88.5. The fraction of sp³-hybridized carbons (Fsp3) is 0.125. The Labute approximate surface area is 195 Å². The Balaban J connectivity index is 2.42. The van der Waals surface area contributed by atoms with Crippen molar-refractivity contribution in [2.75, 3.05) is 0 Å². The Bertz CT molecular complexity index is 1260. The summed E-state index contributed by atoms with van der Waals surface area (Å²) in [6, 6.07) is 16.9. The Morgan fingerprint density at radius 1 is 0.882 bits per heavy atom. The predicted octanol–water partition coefficient (Wildman–Crippen LogP) is 6.18. The van der Waals surface area contributed by atoms with Gasteiger partial charge in [0.2, 0.25) is 0 Å².